The maximum absolute atomic E-state index is 12.2. The van der Waals surface area contributed by atoms with E-state index in [-0.39, 0.29) is 4.90 Å². The minimum atomic E-state index is -3.66. The van der Waals surface area contributed by atoms with E-state index in [1.165, 1.54) is 18.3 Å². The lowest BCUT2D eigenvalue weighted by molar-refractivity contribution is 0.600. The van der Waals surface area contributed by atoms with Gasteiger partial charge >= 0.3 is 0 Å². The van der Waals surface area contributed by atoms with E-state index in [0.717, 1.165) is 5.56 Å². The van der Waals surface area contributed by atoms with Crippen molar-refractivity contribution in [3.63, 3.8) is 0 Å². The fourth-order valence-electron chi connectivity index (χ4n) is 1.65. The third-order valence-electron chi connectivity index (χ3n) is 2.68. The minimum absolute atomic E-state index is 0.176. The summed E-state index contributed by atoms with van der Waals surface area (Å²) in [5.74, 6) is 0.314. The van der Waals surface area contributed by atoms with Crippen molar-refractivity contribution in [1.29, 1.82) is 0 Å². The minimum Gasteiger partial charge on any atom is -0.399 e. The van der Waals surface area contributed by atoms with Crippen LogP contribution in [0, 0.1) is 13.8 Å². The van der Waals surface area contributed by atoms with Gasteiger partial charge in [-0.25, -0.2) is 8.42 Å². The maximum atomic E-state index is 12.2. The van der Waals surface area contributed by atoms with Gasteiger partial charge in [-0.05, 0) is 37.1 Å². The Hall–Kier alpha value is -2.02. The summed E-state index contributed by atoms with van der Waals surface area (Å²) < 4.78 is 26.8. The van der Waals surface area contributed by atoms with Crippen molar-refractivity contribution in [3.8, 4) is 0 Å². The number of aryl methyl sites for hydroxylation is 1. The van der Waals surface area contributed by atoms with E-state index >= 15 is 0 Å². The van der Waals surface area contributed by atoms with Crippen LogP contribution in [-0.2, 0) is 10.0 Å². The van der Waals surface area contributed by atoms with Gasteiger partial charge in [0.1, 0.15) is 5.82 Å². The van der Waals surface area contributed by atoms with E-state index in [0.29, 0.717) is 17.1 Å². The molecular formula is C11H14N4O2S. The maximum Gasteiger partial charge on any atom is 0.263 e. The second kappa shape index (κ2) is 4.34. The fourth-order valence-corrected chi connectivity index (χ4v) is 3.01. The number of H-pyrrole nitrogens is 1. The number of benzene rings is 1. The molecule has 7 heteroatoms. The number of nitrogens with one attached hydrogen (secondary N) is 2. The summed E-state index contributed by atoms with van der Waals surface area (Å²) in [5, 5.41) is 6.22. The SMILES string of the molecule is Cc1cc(N)cc(S(=O)(=O)Nc2ccn[nH]2)c1C. The molecule has 18 heavy (non-hydrogen) atoms. The lowest BCUT2D eigenvalue weighted by Crippen LogP contribution is -2.15. The highest BCUT2D eigenvalue weighted by Gasteiger charge is 2.19. The van der Waals surface area contributed by atoms with Crippen LogP contribution in [0.5, 0.6) is 0 Å². The number of nitrogens with two attached hydrogens (primary N) is 1. The van der Waals surface area contributed by atoms with E-state index < -0.39 is 10.0 Å². The fraction of sp³-hybridized carbons (Fsp3) is 0.182. The van der Waals surface area contributed by atoms with Crippen molar-refractivity contribution in [2.24, 2.45) is 0 Å². The predicted molar refractivity (Wildman–Crippen MR) is 69.7 cm³/mol. The van der Waals surface area contributed by atoms with Crippen LogP contribution in [0.4, 0.5) is 11.5 Å². The average Bonchev–Trinajstić information content (AvgIpc) is 2.75. The monoisotopic (exact) mass is 266 g/mol. The van der Waals surface area contributed by atoms with Crippen molar-refractivity contribution in [1.82, 2.24) is 10.2 Å². The van der Waals surface area contributed by atoms with Crippen LogP contribution >= 0.6 is 0 Å². The molecule has 4 N–H and O–H groups in total. The molecule has 1 aromatic carbocycles. The molecule has 1 aromatic heterocycles. The van der Waals surface area contributed by atoms with Gasteiger partial charge in [-0.3, -0.25) is 9.82 Å². The molecule has 2 aromatic rings. The quantitative estimate of drug-likeness (QED) is 0.731. The second-order valence-electron chi connectivity index (χ2n) is 4.04. The van der Waals surface area contributed by atoms with Crippen LogP contribution in [0.25, 0.3) is 0 Å². The Kier molecular flexibility index (Phi) is 3.00. The molecule has 0 spiro atoms. The molecule has 0 bridgehead atoms. The van der Waals surface area contributed by atoms with Gasteiger partial charge in [-0.1, -0.05) is 0 Å². The molecule has 6 nitrogen and oxygen atoms in total. The Balaban J connectivity index is 2.48. The van der Waals surface area contributed by atoms with Gasteiger partial charge in [-0.15, -0.1) is 0 Å². The van der Waals surface area contributed by atoms with Gasteiger partial charge in [-0.2, -0.15) is 5.10 Å². The summed E-state index contributed by atoms with van der Waals surface area (Å²) >= 11 is 0. The van der Waals surface area contributed by atoms with Crippen molar-refractivity contribution in [3.05, 3.63) is 35.5 Å². The summed E-state index contributed by atoms with van der Waals surface area (Å²) in [6, 6.07) is 4.72. The molecule has 0 fully saturated rings. The number of hydrogen-bond donors (Lipinski definition) is 3. The number of hydrogen-bond acceptors (Lipinski definition) is 4. The predicted octanol–water partition coefficient (Wildman–Crippen LogP) is 1.41. The van der Waals surface area contributed by atoms with E-state index in [2.05, 4.69) is 14.9 Å². The number of aromatic nitrogens is 2. The Morgan fingerprint density at radius 2 is 2.06 bits per heavy atom. The van der Waals surface area contributed by atoms with Crippen LogP contribution in [0.3, 0.4) is 0 Å². The lowest BCUT2D eigenvalue weighted by atomic mass is 10.1. The first kappa shape index (κ1) is 12.4. The van der Waals surface area contributed by atoms with E-state index in [9.17, 15) is 8.42 Å². The molecule has 2 rings (SSSR count). The van der Waals surface area contributed by atoms with Crippen LogP contribution in [-0.4, -0.2) is 18.6 Å². The van der Waals surface area contributed by atoms with Crippen LogP contribution in [0.1, 0.15) is 11.1 Å². The molecule has 0 amide bonds. The number of nitrogen functional groups attached to an aromatic ring is 1. The molecule has 0 aliphatic heterocycles. The molecule has 0 radical (unpaired) electrons. The number of rotatable bonds is 3. The van der Waals surface area contributed by atoms with Crippen molar-refractivity contribution in [2.75, 3.05) is 10.5 Å². The topological polar surface area (TPSA) is 101 Å². The summed E-state index contributed by atoms with van der Waals surface area (Å²) in [7, 11) is -3.66. The van der Waals surface area contributed by atoms with Crippen LogP contribution in [0.2, 0.25) is 0 Å². The molecule has 0 aliphatic carbocycles. The zero-order chi connectivity index (χ0) is 13.3. The first-order chi connectivity index (χ1) is 8.40. The van der Waals surface area contributed by atoms with Gasteiger partial charge in [0.05, 0.1) is 11.1 Å². The molecule has 0 unspecified atom stereocenters. The van der Waals surface area contributed by atoms with Gasteiger partial charge in [0.15, 0.2) is 0 Å². The smallest absolute Gasteiger partial charge is 0.263 e. The summed E-state index contributed by atoms with van der Waals surface area (Å²) in [6.07, 6.45) is 1.47. The first-order valence-corrected chi connectivity index (χ1v) is 6.77. The molecule has 0 saturated heterocycles. The van der Waals surface area contributed by atoms with E-state index in [4.69, 9.17) is 5.73 Å². The van der Waals surface area contributed by atoms with E-state index in [1.807, 2.05) is 6.92 Å². The third kappa shape index (κ3) is 2.30. The zero-order valence-electron chi connectivity index (χ0n) is 10.1. The molecule has 0 aliphatic rings. The Bertz CT molecular complexity index is 663. The lowest BCUT2D eigenvalue weighted by Gasteiger charge is -2.11. The van der Waals surface area contributed by atoms with Gasteiger partial charge < -0.3 is 5.73 Å². The number of anilines is 2. The standard InChI is InChI=1S/C11H14N4O2S/c1-7-5-9(12)6-10(8(7)2)18(16,17)15-11-3-4-13-14-11/h3-6H,12H2,1-2H3,(H2,13,14,15). The van der Waals surface area contributed by atoms with Gasteiger partial charge in [0.25, 0.3) is 10.0 Å². The van der Waals surface area contributed by atoms with Crippen molar-refractivity contribution >= 4 is 21.5 Å². The molecule has 0 atom stereocenters. The Labute approximate surface area is 105 Å². The summed E-state index contributed by atoms with van der Waals surface area (Å²) in [5.41, 5.74) is 7.62. The third-order valence-corrected chi connectivity index (χ3v) is 4.17. The van der Waals surface area contributed by atoms with Gasteiger partial charge in [0, 0.05) is 11.8 Å². The highest BCUT2D eigenvalue weighted by atomic mass is 32.2. The zero-order valence-corrected chi connectivity index (χ0v) is 10.9. The molecule has 96 valence electrons. The highest BCUT2D eigenvalue weighted by molar-refractivity contribution is 7.92. The first-order valence-electron chi connectivity index (χ1n) is 5.29. The Morgan fingerprint density at radius 1 is 1.33 bits per heavy atom. The molecular weight excluding hydrogens is 252 g/mol. The highest BCUT2D eigenvalue weighted by Crippen LogP contribution is 2.23. The largest absolute Gasteiger partial charge is 0.399 e. The molecule has 0 saturated carbocycles. The van der Waals surface area contributed by atoms with Crippen LogP contribution < -0.4 is 10.5 Å². The van der Waals surface area contributed by atoms with Crippen LogP contribution in [0.15, 0.2) is 29.3 Å². The number of aromatic amines is 1. The number of sulfonamides is 1. The van der Waals surface area contributed by atoms with Crippen molar-refractivity contribution < 1.29 is 8.42 Å². The Morgan fingerprint density at radius 3 is 2.67 bits per heavy atom. The van der Waals surface area contributed by atoms with Crippen molar-refractivity contribution in [2.45, 2.75) is 18.7 Å². The summed E-state index contributed by atoms with van der Waals surface area (Å²) in [6.45, 7) is 3.57. The average molecular weight is 266 g/mol. The van der Waals surface area contributed by atoms with Gasteiger partial charge in [0.2, 0.25) is 0 Å². The normalized spacial score (nSPS) is 11.4. The molecule has 1 heterocycles. The number of nitrogens with zero attached hydrogens (tertiary/aromatic N) is 1. The van der Waals surface area contributed by atoms with E-state index in [1.54, 1.807) is 13.0 Å². The second-order valence-corrected chi connectivity index (χ2v) is 5.69. The summed E-state index contributed by atoms with van der Waals surface area (Å²) in [4.78, 5) is 0.176.